The van der Waals surface area contributed by atoms with Gasteiger partial charge in [-0.05, 0) is 57.1 Å². The maximum absolute atomic E-state index is 13.3. The molecule has 2 atom stereocenters. The number of aromatic nitrogens is 2. The van der Waals surface area contributed by atoms with E-state index in [0.717, 1.165) is 36.2 Å². The molecule has 1 saturated carbocycles. The maximum Gasteiger partial charge on any atom is 0.349 e. The highest BCUT2D eigenvalue weighted by atomic mass is 79.9. The molecule has 0 unspecified atom stereocenters. The lowest BCUT2D eigenvalue weighted by Crippen LogP contribution is -3.00. The van der Waals surface area contributed by atoms with Crippen molar-refractivity contribution in [3.05, 3.63) is 90.0 Å². The zero-order chi connectivity index (χ0) is 25.2. The first-order valence-electron chi connectivity index (χ1n) is 12.3. The number of nitrogens with two attached hydrogens (primary N) is 1. The van der Waals surface area contributed by atoms with E-state index >= 15 is 0 Å². The van der Waals surface area contributed by atoms with Gasteiger partial charge in [0.2, 0.25) is 5.91 Å². The van der Waals surface area contributed by atoms with Crippen LogP contribution >= 0.6 is 0 Å². The van der Waals surface area contributed by atoms with Crippen LogP contribution in [0.2, 0.25) is 0 Å². The molecule has 1 aliphatic carbocycles. The summed E-state index contributed by atoms with van der Waals surface area (Å²) >= 11 is 0. The monoisotopic (exact) mass is 553 g/mol. The molecule has 0 bridgehead atoms. The summed E-state index contributed by atoms with van der Waals surface area (Å²) in [5.74, 6) is 0.472. The minimum absolute atomic E-state index is 0. The topological polar surface area (TPSA) is 78.2 Å². The summed E-state index contributed by atoms with van der Waals surface area (Å²) in [7, 11) is 0. The fraction of sp³-hybridized carbons (Fsp3) is 0.414. The van der Waals surface area contributed by atoms with E-state index in [2.05, 4.69) is 4.57 Å². The van der Waals surface area contributed by atoms with Gasteiger partial charge in [-0.2, -0.15) is 0 Å². The second kappa shape index (κ2) is 11.0. The summed E-state index contributed by atoms with van der Waals surface area (Å²) in [6.07, 6.45) is 6.59. The molecule has 1 fully saturated rings. The van der Waals surface area contributed by atoms with Gasteiger partial charge in [0.25, 0.3) is 5.82 Å². The van der Waals surface area contributed by atoms with E-state index in [1.54, 1.807) is 0 Å². The summed E-state index contributed by atoms with van der Waals surface area (Å²) in [4.78, 5) is 25.7. The Balaban J connectivity index is 0.00000361. The van der Waals surface area contributed by atoms with E-state index < -0.39 is 11.0 Å². The number of rotatable bonds is 7. The van der Waals surface area contributed by atoms with Crippen molar-refractivity contribution in [3.63, 3.8) is 0 Å². The van der Waals surface area contributed by atoms with Gasteiger partial charge in [0.05, 0.1) is 0 Å². The molecule has 1 heterocycles. The van der Waals surface area contributed by atoms with Crippen LogP contribution < -0.4 is 27.3 Å². The number of benzene rings is 2. The predicted octanol–water partition coefficient (Wildman–Crippen LogP) is 1.24. The van der Waals surface area contributed by atoms with E-state index in [4.69, 9.17) is 10.5 Å². The van der Waals surface area contributed by atoms with Gasteiger partial charge >= 0.3 is 5.97 Å². The first kappa shape index (κ1) is 27.7. The predicted molar refractivity (Wildman–Crippen MR) is 134 cm³/mol. The van der Waals surface area contributed by atoms with E-state index in [9.17, 15) is 9.59 Å². The number of nitrogens with zero attached hydrogens (tertiary/aromatic N) is 2. The second-order valence-corrected chi connectivity index (χ2v) is 10.5. The molecule has 7 heteroatoms. The average molecular weight is 555 g/mol. The number of hydrogen-bond acceptors (Lipinski definition) is 3. The molecule has 192 valence electrons. The van der Waals surface area contributed by atoms with Crippen LogP contribution in [-0.2, 0) is 26.3 Å². The van der Waals surface area contributed by atoms with Crippen LogP contribution in [0.3, 0.4) is 0 Å². The second-order valence-electron chi connectivity index (χ2n) is 10.5. The molecule has 36 heavy (non-hydrogen) atoms. The standard InChI is InChI=1S/C29H35N3O3.BrH/c1-21-31(20-26(33)35-28(2,3)4)17-18-32(21)25-16-15-24(19-25)29(27(30)34,22-11-7-5-8-12-22)23-13-9-6-10-14-23;/h5-14,17-18,24-25H,15-16,19-20H2,1-4H3,(H-,30,34);1H/t24-,25+;/m1./s1. The van der Waals surface area contributed by atoms with Crippen LogP contribution in [-0.4, -0.2) is 22.0 Å². The largest absolute Gasteiger partial charge is 1.00 e. The van der Waals surface area contributed by atoms with Crippen molar-refractivity contribution in [1.82, 2.24) is 4.57 Å². The lowest BCUT2D eigenvalue weighted by atomic mass is 9.64. The van der Waals surface area contributed by atoms with Crippen molar-refractivity contribution >= 4 is 11.9 Å². The van der Waals surface area contributed by atoms with Crippen LogP contribution in [0.5, 0.6) is 0 Å². The SMILES string of the molecule is Cc1n(CC(=O)OC(C)(C)C)cc[n+]1[C@H]1CC[C@@H](C(C(N)=O)(c2ccccc2)c2ccccc2)C1.[Br-]. The molecular formula is C29H36BrN3O3. The van der Waals surface area contributed by atoms with Gasteiger partial charge in [0, 0.05) is 6.92 Å². The molecule has 2 N–H and O–H groups in total. The first-order chi connectivity index (χ1) is 16.6. The van der Waals surface area contributed by atoms with Crippen molar-refractivity contribution in [3.8, 4) is 0 Å². The van der Waals surface area contributed by atoms with Crippen molar-refractivity contribution in [2.45, 2.75) is 70.6 Å². The van der Waals surface area contributed by atoms with Gasteiger partial charge in [-0.1, -0.05) is 60.7 Å². The average Bonchev–Trinajstić information content (AvgIpc) is 3.42. The summed E-state index contributed by atoms with van der Waals surface area (Å²) < 4.78 is 9.65. The molecule has 1 aromatic heterocycles. The molecule has 6 nitrogen and oxygen atoms in total. The highest BCUT2D eigenvalue weighted by Crippen LogP contribution is 2.48. The maximum atomic E-state index is 13.3. The van der Waals surface area contributed by atoms with Crippen molar-refractivity contribution < 1.29 is 35.9 Å². The van der Waals surface area contributed by atoms with Crippen LogP contribution in [0.25, 0.3) is 0 Å². The minimum atomic E-state index is -0.898. The van der Waals surface area contributed by atoms with Crippen molar-refractivity contribution in [2.75, 3.05) is 0 Å². The van der Waals surface area contributed by atoms with E-state index in [-0.39, 0.29) is 47.4 Å². The zero-order valence-electron chi connectivity index (χ0n) is 21.5. The molecule has 0 aliphatic heterocycles. The summed E-state index contributed by atoms with van der Waals surface area (Å²) in [5.41, 5.74) is 6.70. The van der Waals surface area contributed by atoms with E-state index in [0.29, 0.717) is 0 Å². The molecule has 0 saturated heterocycles. The third kappa shape index (κ3) is 5.41. The van der Waals surface area contributed by atoms with Crippen molar-refractivity contribution in [2.24, 2.45) is 11.7 Å². The number of ether oxygens (including phenoxy) is 1. The van der Waals surface area contributed by atoms with Gasteiger partial charge < -0.3 is 27.5 Å². The number of primary amides is 1. The Morgan fingerprint density at radius 2 is 1.56 bits per heavy atom. The van der Waals surface area contributed by atoms with E-state index in [1.165, 1.54) is 0 Å². The molecule has 0 radical (unpaired) electrons. The Bertz CT molecular complexity index is 1150. The van der Waals surface area contributed by atoms with Gasteiger partial charge in [0.15, 0.2) is 6.54 Å². The summed E-state index contributed by atoms with van der Waals surface area (Å²) in [5, 5.41) is 0. The number of hydrogen-bond donors (Lipinski definition) is 1. The molecule has 1 aliphatic rings. The van der Waals surface area contributed by atoms with Gasteiger partial charge in [0.1, 0.15) is 29.5 Å². The van der Waals surface area contributed by atoms with Crippen LogP contribution in [0.4, 0.5) is 0 Å². The first-order valence-corrected chi connectivity index (χ1v) is 12.3. The molecule has 1 amide bonds. The highest BCUT2D eigenvalue weighted by molar-refractivity contribution is 5.91. The third-order valence-corrected chi connectivity index (χ3v) is 7.17. The Morgan fingerprint density at radius 3 is 2.06 bits per heavy atom. The summed E-state index contributed by atoms with van der Waals surface area (Å²) in [6, 6.07) is 20.1. The summed E-state index contributed by atoms with van der Waals surface area (Å²) in [6.45, 7) is 7.81. The number of amides is 1. The Hall–Kier alpha value is -2.93. The van der Waals surface area contributed by atoms with Crippen LogP contribution in [0.1, 0.15) is 63.0 Å². The van der Waals surface area contributed by atoms with Crippen LogP contribution in [0.15, 0.2) is 73.1 Å². The van der Waals surface area contributed by atoms with Gasteiger partial charge in [-0.3, -0.25) is 4.79 Å². The smallest absolute Gasteiger partial charge is 0.349 e. The normalized spacial score (nSPS) is 17.9. The zero-order valence-corrected chi connectivity index (χ0v) is 23.1. The van der Waals surface area contributed by atoms with Crippen molar-refractivity contribution in [1.29, 1.82) is 0 Å². The lowest BCUT2D eigenvalue weighted by Gasteiger charge is -2.37. The number of halogens is 1. The fourth-order valence-electron chi connectivity index (χ4n) is 5.71. The van der Waals surface area contributed by atoms with Gasteiger partial charge in [-0.15, -0.1) is 0 Å². The Kier molecular flexibility index (Phi) is 8.44. The lowest BCUT2D eigenvalue weighted by molar-refractivity contribution is -0.727. The molecule has 2 aromatic carbocycles. The number of carbonyl (C=O) groups is 2. The number of imidazole rings is 1. The fourth-order valence-corrected chi connectivity index (χ4v) is 5.71. The Labute approximate surface area is 224 Å². The quantitative estimate of drug-likeness (QED) is 0.353. The minimum Gasteiger partial charge on any atom is -1.00 e. The Morgan fingerprint density at radius 1 is 1.00 bits per heavy atom. The number of esters is 1. The van der Waals surface area contributed by atoms with Gasteiger partial charge in [-0.25, -0.2) is 13.9 Å². The number of carbonyl (C=O) groups excluding carboxylic acids is 2. The molecule has 3 aromatic rings. The van der Waals surface area contributed by atoms with Crippen LogP contribution in [0, 0.1) is 12.8 Å². The molecule has 4 rings (SSSR count). The molecular weight excluding hydrogens is 518 g/mol. The highest BCUT2D eigenvalue weighted by Gasteiger charge is 2.51. The van der Waals surface area contributed by atoms with E-state index in [1.807, 2.05) is 105 Å². The molecule has 0 spiro atoms. The third-order valence-electron chi connectivity index (χ3n) is 7.17.